The molecule has 3 amide bonds. The number of amides is 3. The SMILES string of the molecule is CCC(=O)[NH][Al]([NH]C(=O)CC)[NH]C(=O)CCCCN(C)CC. The zero-order valence-corrected chi connectivity index (χ0v) is 15.4. The molecule has 0 fully saturated rings. The van der Waals surface area contributed by atoms with Gasteiger partial charge in [0.25, 0.3) is 0 Å². The average Bonchev–Trinajstić information content (AvgIpc) is 2.50. The molecule has 0 radical (unpaired) electrons. The van der Waals surface area contributed by atoms with Gasteiger partial charge >= 0.3 is 14.8 Å². The van der Waals surface area contributed by atoms with Gasteiger partial charge in [-0.05, 0) is 33.0 Å². The monoisotopic (exact) mass is 328 g/mol. The Hall–Kier alpha value is -1.10. The van der Waals surface area contributed by atoms with Crippen molar-refractivity contribution in [3.8, 4) is 0 Å². The van der Waals surface area contributed by atoms with Crippen LogP contribution in [0.25, 0.3) is 0 Å². The van der Waals surface area contributed by atoms with Crippen molar-refractivity contribution < 1.29 is 14.4 Å². The zero-order valence-electron chi connectivity index (χ0n) is 14.2. The largest absolute Gasteiger partial charge is 0.740 e. The van der Waals surface area contributed by atoms with E-state index in [0.717, 1.165) is 25.9 Å². The molecule has 0 aromatic heterocycles. The van der Waals surface area contributed by atoms with Crippen LogP contribution < -0.4 is 12.9 Å². The second-order valence-electron chi connectivity index (χ2n) is 5.20. The molecule has 0 atom stereocenters. The molecule has 7 nitrogen and oxygen atoms in total. The number of hydrogen-bond acceptors (Lipinski definition) is 4. The fraction of sp³-hybridized carbons (Fsp3) is 0.786. The molecule has 0 aliphatic carbocycles. The maximum Gasteiger partial charge on any atom is 0.740 e. The van der Waals surface area contributed by atoms with Gasteiger partial charge < -0.3 is 17.8 Å². The van der Waals surface area contributed by atoms with Gasteiger partial charge in [-0.2, -0.15) is 0 Å². The molecule has 0 aromatic rings. The van der Waals surface area contributed by atoms with E-state index in [-0.39, 0.29) is 17.7 Å². The molecule has 0 bridgehead atoms. The van der Waals surface area contributed by atoms with Crippen LogP contribution in [0.3, 0.4) is 0 Å². The molecule has 3 N–H and O–H groups in total. The summed E-state index contributed by atoms with van der Waals surface area (Å²) in [4.78, 5) is 37.0. The van der Waals surface area contributed by atoms with Crippen molar-refractivity contribution in [3.63, 3.8) is 0 Å². The van der Waals surface area contributed by atoms with Gasteiger partial charge in [-0.3, -0.25) is 14.4 Å². The van der Waals surface area contributed by atoms with Crippen LogP contribution in [0.5, 0.6) is 0 Å². The number of unbranched alkanes of at least 4 members (excludes halogenated alkanes) is 1. The molecule has 0 rings (SSSR count). The summed E-state index contributed by atoms with van der Waals surface area (Å²) in [6.07, 6.45) is 2.80. The highest BCUT2D eigenvalue weighted by Crippen LogP contribution is 1.97. The van der Waals surface area contributed by atoms with Gasteiger partial charge in [-0.15, -0.1) is 0 Å². The van der Waals surface area contributed by atoms with Crippen molar-refractivity contribution in [2.24, 2.45) is 0 Å². The Kier molecular flexibility index (Phi) is 11.8. The van der Waals surface area contributed by atoms with Crippen molar-refractivity contribution in [1.29, 1.82) is 0 Å². The van der Waals surface area contributed by atoms with E-state index in [1.54, 1.807) is 13.8 Å². The summed E-state index contributed by atoms with van der Waals surface area (Å²) in [5, 5.41) is 0. The van der Waals surface area contributed by atoms with Crippen molar-refractivity contribution in [2.45, 2.75) is 52.9 Å². The number of hydrogen-bond donors (Lipinski definition) is 3. The molecule has 0 unspecified atom stereocenters. The van der Waals surface area contributed by atoms with Gasteiger partial charge in [-0.25, -0.2) is 0 Å². The third-order valence-electron chi connectivity index (χ3n) is 3.29. The molecule has 0 spiro atoms. The summed E-state index contributed by atoms with van der Waals surface area (Å²) in [5.41, 5.74) is 0. The van der Waals surface area contributed by atoms with E-state index in [0.29, 0.717) is 19.3 Å². The lowest BCUT2D eigenvalue weighted by Crippen LogP contribution is -2.62. The first-order valence-electron chi connectivity index (χ1n) is 7.99. The predicted octanol–water partition coefficient (Wildman–Crippen LogP) is 0.262. The van der Waals surface area contributed by atoms with Gasteiger partial charge in [0, 0.05) is 19.3 Å². The second kappa shape index (κ2) is 12.4. The number of rotatable bonds is 11. The number of carbonyl (C=O) groups is 3. The van der Waals surface area contributed by atoms with E-state index in [1.807, 2.05) is 7.05 Å². The van der Waals surface area contributed by atoms with Crippen LogP contribution in [-0.2, 0) is 14.4 Å². The zero-order chi connectivity index (χ0) is 17.0. The summed E-state index contributed by atoms with van der Waals surface area (Å²) in [6, 6.07) is 0. The van der Waals surface area contributed by atoms with E-state index in [9.17, 15) is 14.4 Å². The molecule has 8 heteroatoms. The first-order chi connectivity index (χ1) is 10.4. The number of carbonyl (C=O) groups excluding carboxylic acids is 3. The third-order valence-corrected chi connectivity index (χ3v) is 5.12. The lowest BCUT2D eigenvalue weighted by molar-refractivity contribution is -0.120. The minimum atomic E-state index is -2.33. The summed E-state index contributed by atoms with van der Waals surface area (Å²) in [7, 11) is 2.05. The van der Waals surface area contributed by atoms with Gasteiger partial charge in [-0.1, -0.05) is 20.8 Å². The van der Waals surface area contributed by atoms with Crippen LogP contribution in [-0.4, -0.2) is 57.6 Å². The molecule has 0 aliphatic rings. The first kappa shape index (κ1) is 20.9. The van der Waals surface area contributed by atoms with Crippen LogP contribution >= 0.6 is 0 Å². The van der Waals surface area contributed by atoms with Gasteiger partial charge in [0.05, 0.1) is 0 Å². The highest BCUT2D eigenvalue weighted by molar-refractivity contribution is 6.59. The molecule has 126 valence electrons. The average molecular weight is 328 g/mol. The highest BCUT2D eigenvalue weighted by Gasteiger charge is 2.29. The molecule has 0 saturated carbocycles. The molecule has 22 heavy (non-hydrogen) atoms. The Morgan fingerprint density at radius 1 is 0.864 bits per heavy atom. The lowest BCUT2D eigenvalue weighted by Gasteiger charge is -2.15. The topological polar surface area (TPSA) is 90.5 Å². The van der Waals surface area contributed by atoms with Crippen LogP contribution in [0, 0.1) is 0 Å². The van der Waals surface area contributed by atoms with E-state index in [4.69, 9.17) is 0 Å². The Labute approximate surface area is 138 Å². The van der Waals surface area contributed by atoms with Crippen LogP contribution in [0.2, 0.25) is 0 Å². The molecule has 0 heterocycles. The predicted molar refractivity (Wildman–Crippen MR) is 87.8 cm³/mol. The maximum absolute atomic E-state index is 11.9. The Morgan fingerprint density at radius 3 is 1.82 bits per heavy atom. The van der Waals surface area contributed by atoms with Crippen LogP contribution in [0.15, 0.2) is 0 Å². The normalized spacial score (nSPS) is 10.2. The second-order valence-corrected chi connectivity index (χ2v) is 6.93. The fourth-order valence-electron chi connectivity index (χ4n) is 1.69. The maximum atomic E-state index is 11.9. The van der Waals surface area contributed by atoms with E-state index in [2.05, 4.69) is 24.7 Å². The summed E-state index contributed by atoms with van der Waals surface area (Å²) >= 11 is -2.33. The summed E-state index contributed by atoms with van der Waals surface area (Å²) in [5.74, 6) is -0.459. The van der Waals surface area contributed by atoms with Gasteiger partial charge in [0.2, 0.25) is 0 Å². The highest BCUT2D eigenvalue weighted by atomic mass is 27.2. The van der Waals surface area contributed by atoms with Crippen LogP contribution in [0.1, 0.15) is 52.9 Å². The fourth-order valence-corrected chi connectivity index (χ4v) is 3.43. The standard InChI is InChI=1S/C8H18N2O.2C3H7NO.Al/c1-3-10(2)7-5-4-6-8(9)11;2*1-2-3(4)5;/h3-7H2,1-2H3,(H2,9,11);2*2H2,1H3,(H2,4,5);/q;;;+3/p-3. The quantitative estimate of drug-likeness (QED) is 0.375. The minimum Gasteiger partial charge on any atom is -0.409 e. The van der Waals surface area contributed by atoms with E-state index in [1.165, 1.54) is 0 Å². The van der Waals surface area contributed by atoms with Crippen molar-refractivity contribution >= 4 is 32.5 Å². The van der Waals surface area contributed by atoms with Gasteiger partial charge in [0.15, 0.2) is 17.7 Å². The third kappa shape index (κ3) is 10.6. The molecule has 0 aromatic carbocycles. The minimum absolute atomic E-state index is 0.122. The van der Waals surface area contributed by atoms with Crippen molar-refractivity contribution in [1.82, 2.24) is 17.8 Å². The Bertz CT molecular complexity index is 348. The molecule has 0 saturated heterocycles. The van der Waals surface area contributed by atoms with Crippen molar-refractivity contribution in [2.75, 3.05) is 20.1 Å². The smallest absolute Gasteiger partial charge is 0.409 e. The van der Waals surface area contributed by atoms with Gasteiger partial charge in [0.1, 0.15) is 0 Å². The van der Waals surface area contributed by atoms with E-state index >= 15 is 0 Å². The number of nitrogens with zero attached hydrogens (tertiary/aromatic N) is 1. The summed E-state index contributed by atoms with van der Waals surface area (Å²) in [6.45, 7) is 7.51. The summed E-state index contributed by atoms with van der Waals surface area (Å²) < 4.78 is 8.19. The Balaban J connectivity index is 4.19. The van der Waals surface area contributed by atoms with Crippen molar-refractivity contribution in [3.05, 3.63) is 0 Å². The molecule has 0 aliphatic heterocycles. The lowest BCUT2D eigenvalue weighted by atomic mass is 10.2. The number of nitrogens with one attached hydrogen (secondary N) is 3. The van der Waals surface area contributed by atoms with Crippen LogP contribution in [0.4, 0.5) is 0 Å². The Morgan fingerprint density at radius 2 is 1.36 bits per heavy atom. The first-order valence-corrected chi connectivity index (χ1v) is 9.72. The van der Waals surface area contributed by atoms with E-state index < -0.39 is 14.8 Å². The molecular formula is C14H29AlN4O3. The molecular weight excluding hydrogens is 299 g/mol.